The summed E-state index contributed by atoms with van der Waals surface area (Å²) >= 11 is 0. The molecule has 0 aliphatic carbocycles. The van der Waals surface area contributed by atoms with E-state index in [-0.39, 0.29) is 11.3 Å². The number of hydrogen-bond donors (Lipinski definition) is 1. The van der Waals surface area contributed by atoms with E-state index in [1.54, 1.807) is 24.3 Å². The second-order valence-electron chi connectivity index (χ2n) is 6.38. The van der Waals surface area contributed by atoms with Crippen molar-refractivity contribution >= 4 is 23.3 Å². The Morgan fingerprint density at radius 2 is 1.83 bits per heavy atom. The van der Waals surface area contributed by atoms with Gasteiger partial charge in [-0.25, -0.2) is 4.79 Å². The molecule has 0 saturated carbocycles. The molecule has 0 radical (unpaired) electrons. The average Bonchev–Trinajstić information content (AvgIpc) is 2.72. The third kappa shape index (κ3) is 4.66. The van der Waals surface area contributed by atoms with Gasteiger partial charge in [0, 0.05) is 11.3 Å². The van der Waals surface area contributed by atoms with Crippen molar-refractivity contribution in [2.24, 2.45) is 0 Å². The number of amides is 1. The summed E-state index contributed by atoms with van der Waals surface area (Å²) in [5.74, 6) is -0.212. The van der Waals surface area contributed by atoms with Crippen LogP contribution in [-0.4, -0.2) is 44.1 Å². The fourth-order valence-corrected chi connectivity index (χ4v) is 2.73. The number of esters is 1. The number of rotatable bonds is 6. The summed E-state index contributed by atoms with van der Waals surface area (Å²) in [5, 5.41) is 2.63. The molecule has 0 spiro atoms. The maximum atomic E-state index is 12.5. The molecule has 2 aromatic rings. The second-order valence-corrected chi connectivity index (χ2v) is 6.38. The predicted molar refractivity (Wildman–Crippen MR) is 104 cm³/mol. The largest absolute Gasteiger partial charge is 0.493 e. The fourth-order valence-electron chi connectivity index (χ4n) is 2.73. The lowest BCUT2D eigenvalue weighted by Crippen LogP contribution is -2.30. The predicted octanol–water partition coefficient (Wildman–Crippen LogP) is 2.85. The Hall–Kier alpha value is -3.55. The molecule has 8 nitrogen and oxygen atoms in total. The van der Waals surface area contributed by atoms with E-state index in [2.05, 4.69) is 5.32 Å². The van der Waals surface area contributed by atoms with Gasteiger partial charge in [-0.15, -0.1) is 0 Å². The van der Waals surface area contributed by atoms with Gasteiger partial charge >= 0.3 is 5.97 Å². The topological polar surface area (TPSA) is 100 Å². The smallest absolute Gasteiger partial charge is 0.339 e. The van der Waals surface area contributed by atoms with Crippen LogP contribution in [0.15, 0.2) is 36.4 Å². The van der Waals surface area contributed by atoms with Gasteiger partial charge in [-0.1, -0.05) is 12.1 Å². The highest BCUT2D eigenvalue weighted by Gasteiger charge is 2.24. The maximum absolute atomic E-state index is 12.5. The lowest BCUT2D eigenvalue weighted by atomic mass is 10.1. The molecule has 8 heteroatoms. The van der Waals surface area contributed by atoms with Gasteiger partial charge in [0.05, 0.1) is 12.7 Å². The van der Waals surface area contributed by atoms with E-state index in [1.165, 1.54) is 33.1 Å². The third-order valence-corrected chi connectivity index (χ3v) is 4.25. The lowest BCUT2D eigenvalue weighted by molar-refractivity contribution is -0.123. The Balaban J connectivity index is 1.69. The Bertz CT molecular complexity index is 937. The van der Waals surface area contributed by atoms with Gasteiger partial charge in [0.1, 0.15) is 13.2 Å². The summed E-state index contributed by atoms with van der Waals surface area (Å²) in [6, 6.07) is 9.46. The first-order valence-corrected chi connectivity index (χ1v) is 8.99. The third-order valence-electron chi connectivity index (χ3n) is 4.25. The summed E-state index contributed by atoms with van der Waals surface area (Å²) in [6.07, 6.45) is -1.07. The Labute approximate surface area is 167 Å². The zero-order valence-electron chi connectivity index (χ0n) is 16.3. The number of carbonyl (C=O) groups excluding carboxylic acids is 3. The number of ketones is 1. The molecule has 0 aromatic heterocycles. The molecule has 3 rings (SSSR count). The fraction of sp³-hybridized carbons (Fsp3) is 0.286. The van der Waals surface area contributed by atoms with E-state index in [4.69, 9.17) is 18.9 Å². The van der Waals surface area contributed by atoms with Crippen molar-refractivity contribution in [1.29, 1.82) is 0 Å². The van der Waals surface area contributed by atoms with Crippen LogP contribution in [0, 0.1) is 0 Å². The Morgan fingerprint density at radius 1 is 1.07 bits per heavy atom. The summed E-state index contributed by atoms with van der Waals surface area (Å²) in [6.45, 7) is 3.63. The molecule has 0 bridgehead atoms. The number of ether oxygens (including phenoxy) is 4. The zero-order chi connectivity index (χ0) is 21.0. The molecule has 1 amide bonds. The van der Waals surface area contributed by atoms with Crippen LogP contribution in [0.2, 0.25) is 0 Å². The monoisotopic (exact) mass is 399 g/mol. The van der Waals surface area contributed by atoms with Crippen molar-refractivity contribution < 1.29 is 33.3 Å². The van der Waals surface area contributed by atoms with Gasteiger partial charge in [-0.3, -0.25) is 9.59 Å². The van der Waals surface area contributed by atoms with E-state index >= 15 is 0 Å². The van der Waals surface area contributed by atoms with Crippen molar-refractivity contribution in [3.63, 3.8) is 0 Å². The normalized spacial score (nSPS) is 13.2. The van der Waals surface area contributed by atoms with Crippen LogP contribution in [0.5, 0.6) is 17.2 Å². The van der Waals surface area contributed by atoms with Crippen LogP contribution < -0.4 is 19.5 Å². The lowest BCUT2D eigenvalue weighted by Gasteiger charge is -2.21. The van der Waals surface area contributed by atoms with Crippen molar-refractivity contribution in [2.45, 2.75) is 20.0 Å². The molecule has 1 aliphatic rings. The van der Waals surface area contributed by atoms with Crippen LogP contribution in [0.25, 0.3) is 0 Å². The summed E-state index contributed by atoms with van der Waals surface area (Å²) < 4.78 is 21.5. The molecular formula is C21H21NO7. The van der Waals surface area contributed by atoms with Crippen molar-refractivity contribution in [3.8, 4) is 17.2 Å². The van der Waals surface area contributed by atoms with Crippen LogP contribution in [0.1, 0.15) is 34.6 Å². The number of benzene rings is 2. The van der Waals surface area contributed by atoms with Crippen LogP contribution in [-0.2, 0) is 9.53 Å². The maximum Gasteiger partial charge on any atom is 0.339 e. The Morgan fingerprint density at radius 3 is 2.55 bits per heavy atom. The highest BCUT2D eigenvalue weighted by molar-refractivity contribution is 5.99. The highest BCUT2D eigenvalue weighted by Crippen LogP contribution is 2.40. The van der Waals surface area contributed by atoms with E-state index in [1.807, 2.05) is 0 Å². The number of Topliss-reactive ketones (excluding diaryl/α,β-unsaturated/α-hetero) is 1. The summed E-state index contributed by atoms with van der Waals surface area (Å²) in [7, 11) is 1.45. The zero-order valence-corrected chi connectivity index (χ0v) is 16.3. The molecule has 1 N–H and O–H groups in total. The van der Waals surface area contributed by atoms with Crippen LogP contribution in [0.3, 0.4) is 0 Å². The van der Waals surface area contributed by atoms with Crippen LogP contribution >= 0.6 is 0 Å². The molecule has 1 atom stereocenters. The number of carbonyl (C=O) groups is 3. The van der Waals surface area contributed by atoms with Gasteiger partial charge in [-0.2, -0.15) is 0 Å². The van der Waals surface area contributed by atoms with E-state index in [9.17, 15) is 14.4 Å². The number of methoxy groups -OCH3 is 1. The van der Waals surface area contributed by atoms with Crippen molar-refractivity contribution in [1.82, 2.24) is 0 Å². The number of anilines is 1. The van der Waals surface area contributed by atoms with Crippen molar-refractivity contribution in [2.75, 3.05) is 25.6 Å². The van der Waals surface area contributed by atoms with Crippen molar-refractivity contribution in [3.05, 3.63) is 47.5 Å². The quantitative estimate of drug-likeness (QED) is 0.589. The summed E-state index contributed by atoms with van der Waals surface area (Å²) in [4.78, 5) is 36.3. The van der Waals surface area contributed by atoms with Gasteiger partial charge in [-0.05, 0) is 38.1 Å². The van der Waals surface area contributed by atoms with Crippen LogP contribution in [0.4, 0.5) is 5.69 Å². The first-order chi connectivity index (χ1) is 13.9. The van der Waals surface area contributed by atoms with Gasteiger partial charge in [0.2, 0.25) is 5.75 Å². The molecule has 0 saturated heterocycles. The minimum absolute atomic E-state index is 0.117. The molecule has 2 aromatic carbocycles. The minimum atomic E-state index is -1.07. The minimum Gasteiger partial charge on any atom is -0.493 e. The van der Waals surface area contributed by atoms with Gasteiger partial charge in [0.25, 0.3) is 5.91 Å². The SMILES string of the molecule is COc1cc(C(=O)O[C@H](C)C(=O)Nc2cccc(C(C)=O)c2)cc2c1OCCO2. The molecule has 0 unspecified atom stereocenters. The van der Waals surface area contributed by atoms with E-state index in [0.29, 0.717) is 41.7 Å². The first kappa shape index (κ1) is 20.2. The number of fused-ring (bicyclic) bond motifs is 1. The Kier molecular flexibility index (Phi) is 6.01. The first-order valence-electron chi connectivity index (χ1n) is 8.99. The van der Waals surface area contributed by atoms with Gasteiger partial charge < -0.3 is 24.3 Å². The average molecular weight is 399 g/mol. The van der Waals surface area contributed by atoms with E-state index < -0.39 is 18.0 Å². The molecule has 1 aliphatic heterocycles. The number of nitrogens with one attached hydrogen (secondary N) is 1. The second kappa shape index (κ2) is 8.64. The molecule has 29 heavy (non-hydrogen) atoms. The molecule has 0 fully saturated rings. The van der Waals surface area contributed by atoms with Gasteiger partial charge in [0.15, 0.2) is 23.4 Å². The number of hydrogen-bond acceptors (Lipinski definition) is 7. The molecular weight excluding hydrogens is 378 g/mol. The molecule has 1 heterocycles. The highest BCUT2D eigenvalue weighted by atomic mass is 16.6. The standard InChI is InChI=1S/C21H21NO7/c1-12(23)14-5-4-6-16(9-14)22-20(24)13(2)29-21(25)15-10-17(26-3)19-18(11-15)27-7-8-28-19/h4-6,9-11,13H,7-8H2,1-3H3,(H,22,24)/t13-/m1/s1. The molecule has 152 valence electrons. The summed E-state index contributed by atoms with van der Waals surface area (Å²) in [5.41, 5.74) is 1.08. The van der Waals surface area contributed by atoms with E-state index in [0.717, 1.165) is 0 Å².